The number of aliphatic hydroxyl groups is 1. The van der Waals surface area contributed by atoms with Gasteiger partial charge in [-0.25, -0.2) is 0 Å². The maximum Gasteiger partial charge on any atom is 0.0473 e. The first-order valence-electron chi connectivity index (χ1n) is 6.54. The van der Waals surface area contributed by atoms with Gasteiger partial charge in [0.05, 0.1) is 0 Å². The summed E-state index contributed by atoms with van der Waals surface area (Å²) >= 11 is 0. The molecule has 0 aliphatic heterocycles. The van der Waals surface area contributed by atoms with Gasteiger partial charge in [0, 0.05) is 19.7 Å². The van der Waals surface area contributed by atoms with E-state index in [4.69, 9.17) is 0 Å². The Morgan fingerprint density at radius 2 is 1.82 bits per heavy atom. The topological polar surface area (TPSA) is 23.5 Å². The van der Waals surface area contributed by atoms with Crippen molar-refractivity contribution < 1.29 is 5.11 Å². The molecule has 0 bridgehead atoms. The van der Waals surface area contributed by atoms with Crippen LogP contribution in [0.2, 0.25) is 0 Å². The summed E-state index contributed by atoms with van der Waals surface area (Å²) in [5.74, 6) is 0.906. The molecule has 0 spiro atoms. The molecule has 0 heterocycles. The van der Waals surface area contributed by atoms with Crippen molar-refractivity contribution in [1.82, 2.24) is 4.90 Å². The predicted octanol–water partition coefficient (Wildman–Crippen LogP) is 2.77. The van der Waals surface area contributed by atoms with E-state index in [9.17, 15) is 5.11 Å². The van der Waals surface area contributed by atoms with E-state index in [0.29, 0.717) is 11.8 Å². The van der Waals surface area contributed by atoms with Crippen molar-refractivity contribution in [3.63, 3.8) is 0 Å². The molecule has 1 aromatic carbocycles. The van der Waals surface area contributed by atoms with Crippen LogP contribution in [0.1, 0.15) is 26.3 Å². The normalized spacial score (nSPS) is 13.3. The molecule has 2 heteroatoms. The molecule has 0 saturated carbocycles. The van der Waals surface area contributed by atoms with E-state index in [1.54, 1.807) is 0 Å². The minimum Gasteiger partial charge on any atom is -0.396 e. The smallest absolute Gasteiger partial charge is 0.0473 e. The van der Waals surface area contributed by atoms with Gasteiger partial charge in [0.2, 0.25) is 0 Å². The SMILES string of the molecule is CCN(Cc1ccccc1)CC(CO)C(C)C. The molecule has 1 aromatic rings. The highest BCUT2D eigenvalue weighted by atomic mass is 16.3. The number of benzene rings is 1. The minimum atomic E-state index is 0.281. The number of hydrogen-bond acceptors (Lipinski definition) is 2. The van der Waals surface area contributed by atoms with Gasteiger partial charge in [0.1, 0.15) is 0 Å². The summed E-state index contributed by atoms with van der Waals surface area (Å²) in [4.78, 5) is 2.40. The van der Waals surface area contributed by atoms with Gasteiger partial charge in [-0.3, -0.25) is 4.90 Å². The quantitative estimate of drug-likeness (QED) is 0.785. The van der Waals surface area contributed by atoms with Gasteiger partial charge < -0.3 is 5.11 Å². The van der Waals surface area contributed by atoms with E-state index in [-0.39, 0.29) is 6.61 Å². The van der Waals surface area contributed by atoms with Gasteiger partial charge in [0.25, 0.3) is 0 Å². The van der Waals surface area contributed by atoms with Crippen LogP contribution in [-0.2, 0) is 6.54 Å². The molecule has 1 rings (SSSR count). The third-order valence-electron chi connectivity index (χ3n) is 3.37. The van der Waals surface area contributed by atoms with Crippen molar-refractivity contribution in [2.75, 3.05) is 19.7 Å². The molecule has 2 nitrogen and oxygen atoms in total. The third kappa shape index (κ3) is 4.88. The molecule has 96 valence electrons. The van der Waals surface area contributed by atoms with Crippen LogP contribution < -0.4 is 0 Å². The van der Waals surface area contributed by atoms with Crippen molar-refractivity contribution >= 4 is 0 Å². The second-order valence-electron chi connectivity index (χ2n) is 5.00. The molecule has 0 fully saturated rings. The van der Waals surface area contributed by atoms with Crippen LogP contribution >= 0.6 is 0 Å². The minimum absolute atomic E-state index is 0.281. The molecule has 0 amide bonds. The Morgan fingerprint density at radius 3 is 2.29 bits per heavy atom. The van der Waals surface area contributed by atoms with Crippen molar-refractivity contribution in [2.45, 2.75) is 27.3 Å². The molecule has 1 unspecified atom stereocenters. The molecule has 0 radical (unpaired) electrons. The second-order valence-corrected chi connectivity index (χ2v) is 5.00. The summed E-state index contributed by atoms with van der Waals surface area (Å²) < 4.78 is 0. The van der Waals surface area contributed by atoms with Crippen LogP contribution in [0.3, 0.4) is 0 Å². The van der Waals surface area contributed by atoms with Crippen molar-refractivity contribution in [3.05, 3.63) is 35.9 Å². The van der Waals surface area contributed by atoms with Gasteiger partial charge in [-0.2, -0.15) is 0 Å². The lowest BCUT2D eigenvalue weighted by molar-refractivity contribution is 0.132. The lowest BCUT2D eigenvalue weighted by Gasteiger charge is -2.27. The predicted molar refractivity (Wildman–Crippen MR) is 72.8 cm³/mol. The van der Waals surface area contributed by atoms with Crippen molar-refractivity contribution in [1.29, 1.82) is 0 Å². The highest BCUT2D eigenvalue weighted by Crippen LogP contribution is 2.14. The Kier molecular flexibility index (Phi) is 6.23. The van der Waals surface area contributed by atoms with Crippen LogP contribution in [0.25, 0.3) is 0 Å². The fraction of sp³-hybridized carbons (Fsp3) is 0.600. The van der Waals surface area contributed by atoms with Crippen molar-refractivity contribution in [2.24, 2.45) is 11.8 Å². The first-order chi connectivity index (χ1) is 8.17. The largest absolute Gasteiger partial charge is 0.396 e. The fourth-order valence-corrected chi connectivity index (χ4v) is 1.96. The summed E-state index contributed by atoms with van der Waals surface area (Å²) in [6, 6.07) is 10.5. The maximum atomic E-state index is 9.38. The van der Waals surface area contributed by atoms with Crippen molar-refractivity contribution in [3.8, 4) is 0 Å². The van der Waals surface area contributed by atoms with Crippen LogP contribution in [-0.4, -0.2) is 29.7 Å². The Hall–Kier alpha value is -0.860. The number of hydrogen-bond donors (Lipinski definition) is 1. The molecular weight excluding hydrogens is 210 g/mol. The fourth-order valence-electron chi connectivity index (χ4n) is 1.96. The average molecular weight is 235 g/mol. The van der Waals surface area contributed by atoms with E-state index >= 15 is 0 Å². The first kappa shape index (κ1) is 14.2. The van der Waals surface area contributed by atoms with Crippen LogP contribution in [0.15, 0.2) is 30.3 Å². The maximum absolute atomic E-state index is 9.38. The standard InChI is InChI=1S/C15H25NO/c1-4-16(11-15(12-17)13(2)3)10-14-8-6-5-7-9-14/h5-9,13,15,17H,4,10-12H2,1-3H3. The van der Waals surface area contributed by atoms with Gasteiger partial charge >= 0.3 is 0 Å². The lowest BCUT2D eigenvalue weighted by atomic mass is 9.96. The Labute approximate surface area is 105 Å². The number of nitrogens with zero attached hydrogens (tertiary/aromatic N) is 1. The zero-order chi connectivity index (χ0) is 12.7. The molecule has 0 aromatic heterocycles. The van der Waals surface area contributed by atoms with Crippen LogP contribution in [0.5, 0.6) is 0 Å². The first-order valence-corrected chi connectivity index (χ1v) is 6.54. The van der Waals surface area contributed by atoms with E-state index in [1.807, 2.05) is 6.07 Å². The number of aliphatic hydroxyl groups excluding tert-OH is 1. The Morgan fingerprint density at radius 1 is 1.18 bits per heavy atom. The van der Waals surface area contributed by atoms with Gasteiger partial charge in [0.15, 0.2) is 0 Å². The molecule has 0 saturated heterocycles. The van der Waals surface area contributed by atoms with Crippen LogP contribution in [0, 0.1) is 11.8 Å². The zero-order valence-corrected chi connectivity index (χ0v) is 11.3. The Bertz CT molecular complexity index is 297. The van der Waals surface area contributed by atoms with Gasteiger partial charge in [-0.15, -0.1) is 0 Å². The molecule has 1 atom stereocenters. The summed E-state index contributed by atoms with van der Waals surface area (Å²) in [5, 5.41) is 9.38. The monoisotopic (exact) mass is 235 g/mol. The van der Waals surface area contributed by atoms with Gasteiger partial charge in [-0.05, 0) is 23.9 Å². The highest BCUT2D eigenvalue weighted by Gasteiger charge is 2.15. The molecule has 17 heavy (non-hydrogen) atoms. The van der Waals surface area contributed by atoms with Crippen LogP contribution in [0.4, 0.5) is 0 Å². The summed E-state index contributed by atoms with van der Waals surface area (Å²) in [6.45, 7) is 9.79. The summed E-state index contributed by atoms with van der Waals surface area (Å²) in [7, 11) is 0. The molecule has 0 aliphatic rings. The Balaban J connectivity index is 2.54. The third-order valence-corrected chi connectivity index (χ3v) is 3.37. The molecular formula is C15H25NO. The molecule has 0 aliphatic carbocycles. The van der Waals surface area contributed by atoms with E-state index in [1.165, 1.54) is 5.56 Å². The average Bonchev–Trinajstić information content (AvgIpc) is 2.35. The second kappa shape index (κ2) is 7.46. The van der Waals surface area contributed by atoms with Gasteiger partial charge in [-0.1, -0.05) is 51.1 Å². The summed E-state index contributed by atoms with van der Waals surface area (Å²) in [6.07, 6.45) is 0. The summed E-state index contributed by atoms with van der Waals surface area (Å²) in [5.41, 5.74) is 1.34. The van der Waals surface area contributed by atoms with E-state index in [0.717, 1.165) is 19.6 Å². The number of rotatable bonds is 7. The lowest BCUT2D eigenvalue weighted by Crippen LogP contribution is -2.33. The van der Waals surface area contributed by atoms with E-state index in [2.05, 4.69) is 49.9 Å². The zero-order valence-electron chi connectivity index (χ0n) is 11.3. The molecule has 1 N–H and O–H groups in total. The van der Waals surface area contributed by atoms with E-state index < -0.39 is 0 Å². The highest BCUT2D eigenvalue weighted by molar-refractivity contribution is 5.14.